The van der Waals surface area contributed by atoms with Crippen LogP contribution in [0, 0.1) is 0 Å². The lowest BCUT2D eigenvalue weighted by Gasteiger charge is -2.34. The first-order valence-corrected chi connectivity index (χ1v) is 7.28. The first-order chi connectivity index (χ1) is 10.3. The molecule has 1 aliphatic heterocycles. The molecule has 0 aliphatic carbocycles. The van der Waals surface area contributed by atoms with Crippen molar-refractivity contribution in [2.24, 2.45) is 0 Å². The first kappa shape index (κ1) is 14.0. The van der Waals surface area contributed by atoms with Gasteiger partial charge in [-0.15, -0.1) is 0 Å². The Morgan fingerprint density at radius 2 is 1.62 bits per heavy atom. The molecule has 0 saturated carbocycles. The van der Waals surface area contributed by atoms with E-state index in [9.17, 15) is 0 Å². The Kier molecular flexibility index (Phi) is 3.84. The number of nitrogens with one attached hydrogen (secondary N) is 1. The molecule has 3 nitrogen and oxygen atoms in total. The van der Waals surface area contributed by atoms with E-state index in [1.165, 1.54) is 16.7 Å². The number of rotatable bonds is 3. The number of benzene rings is 2. The Bertz CT molecular complexity index is 625. The van der Waals surface area contributed by atoms with Crippen molar-refractivity contribution in [2.75, 3.05) is 14.2 Å². The van der Waals surface area contributed by atoms with Gasteiger partial charge in [-0.25, -0.2) is 0 Å². The lowest BCUT2D eigenvalue weighted by molar-refractivity contribution is 0.360. The van der Waals surface area contributed by atoms with Gasteiger partial charge >= 0.3 is 0 Å². The summed E-state index contributed by atoms with van der Waals surface area (Å²) in [6.45, 7) is 3.03. The molecule has 0 spiro atoms. The number of methoxy groups -OCH3 is 2. The predicted octanol–water partition coefficient (Wildman–Crippen LogP) is 3.65. The number of hydrogen-bond acceptors (Lipinski definition) is 3. The topological polar surface area (TPSA) is 30.5 Å². The Hall–Kier alpha value is -2.00. The van der Waals surface area contributed by atoms with Gasteiger partial charge in [-0.3, -0.25) is 0 Å². The maximum atomic E-state index is 5.58. The average molecular weight is 283 g/mol. The fraction of sp³-hybridized carbons (Fsp3) is 0.333. The summed E-state index contributed by atoms with van der Waals surface area (Å²) in [5.41, 5.74) is 3.77. The molecule has 2 aromatic rings. The van der Waals surface area contributed by atoms with Crippen LogP contribution in [-0.4, -0.2) is 14.2 Å². The summed E-state index contributed by atoms with van der Waals surface area (Å²) in [6.07, 6.45) is 0. The van der Waals surface area contributed by atoms with Gasteiger partial charge in [0.2, 0.25) is 0 Å². The van der Waals surface area contributed by atoms with Crippen LogP contribution < -0.4 is 14.8 Å². The van der Waals surface area contributed by atoms with E-state index >= 15 is 0 Å². The predicted molar refractivity (Wildman–Crippen MR) is 84.0 cm³/mol. The highest BCUT2D eigenvalue weighted by Crippen LogP contribution is 2.44. The summed E-state index contributed by atoms with van der Waals surface area (Å²) in [5.74, 6) is 2.19. The summed E-state index contributed by atoms with van der Waals surface area (Å²) in [4.78, 5) is 0. The van der Waals surface area contributed by atoms with Crippen LogP contribution >= 0.6 is 0 Å². The first-order valence-electron chi connectivity index (χ1n) is 7.28. The smallest absolute Gasteiger partial charge is 0.123 e. The molecule has 0 bridgehead atoms. The van der Waals surface area contributed by atoms with E-state index in [1.54, 1.807) is 14.2 Å². The molecule has 2 unspecified atom stereocenters. The number of fused-ring (bicyclic) bond motifs is 1. The Labute approximate surface area is 125 Å². The zero-order valence-electron chi connectivity index (χ0n) is 12.7. The van der Waals surface area contributed by atoms with Crippen molar-refractivity contribution in [1.82, 2.24) is 5.32 Å². The molecule has 0 aromatic heterocycles. The van der Waals surface area contributed by atoms with Crippen molar-refractivity contribution < 1.29 is 9.47 Å². The molecule has 1 N–H and O–H groups in total. The highest BCUT2D eigenvalue weighted by atomic mass is 16.5. The Morgan fingerprint density at radius 1 is 0.952 bits per heavy atom. The van der Waals surface area contributed by atoms with Gasteiger partial charge < -0.3 is 14.8 Å². The maximum absolute atomic E-state index is 5.58. The van der Waals surface area contributed by atoms with E-state index in [-0.39, 0.29) is 0 Å². The summed E-state index contributed by atoms with van der Waals surface area (Å²) in [6, 6.07) is 14.8. The van der Waals surface area contributed by atoms with E-state index in [0.29, 0.717) is 12.0 Å². The van der Waals surface area contributed by atoms with Gasteiger partial charge in [0.15, 0.2) is 0 Å². The molecule has 110 valence electrons. The van der Waals surface area contributed by atoms with Crippen LogP contribution in [0.4, 0.5) is 0 Å². The summed E-state index contributed by atoms with van der Waals surface area (Å²) in [7, 11) is 3.45. The second kappa shape index (κ2) is 5.78. The zero-order chi connectivity index (χ0) is 14.8. The molecule has 2 aromatic carbocycles. The highest BCUT2D eigenvalue weighted by molar-refractivity contribution is 5.53. The van der Waals surface area contributed by atoms with Crippen LogP contribution in [-0.2, 0) is 6.54 Å². The van der Waals surface area contributed by atoms with Crippen LogP contribution in [0.1, 0.15) is 35.6 Å². The van der Waals surface area contributed by atoms with E-state index in [1.807, 2.05) is 12.1 Å². The molecule has 3 heteroatoms. The molecule has 1 aliphatic rings. The van der Waals surface area contributed by atoms with Gasteiger partial charge in [-0.1, -0.05) is 37.3 Å². The molecule has 0 radical (unpaired) electrons. The van der Waals surface area contributed by atoms with Gasteiger partial charge in [0.05, 0.1) is 14.2 Å². The lowest BCUT2D eigenvalue weighted by atomic mass is 9.82. The van der Waals surface area contributed by atoms with Crippen molar-refractivity contribution in [2.45, 2.75) is 25.4 Å². The molecule has 1 heterocycles. The van der Waals surface area contributed by atoms with Gasteiger partial charge in [0.25, 0.3) is 0 Å². The van der Waals surface area contributed by atoms with Crippen LogP contribution in [0.2, 0.25) is 0 Å². The average Bonchev–Trinajstić information content (AvgIpc) is 2.55. The molecule has 21 heavy (non-hydrogen) atoms. The van der Waals surface area contributed by atoms with Gasteiger partial charge in [-0.2, -0.15) is 0 Å². The largest absolute Gasteiger partial charge is 0.496 e. The minimum atomic E-state index is 0.291. The molecule has 0 saturated heterocycles. The number of ether oxygens (including phenoxy) is 2. The van der Waals surface area contributed by atoms with Crippen molar-refractivity contribution in [1.29, 1.82) is 0 Å². The highest BCUT2D eigenvalue weighted by Gasteiger charge is 2.31. The summed E-state index contributed by atoms with van der Waals surface area (Å²) >= 11 is 0. The second-order valence-electron chi connectivity index (χ2n) is 5.42. The lowest BCUT2D eigenvalue weighted by Crippen LogP contribution is -2.32. The van der Waals surface area contributed by atoms with Gasteiger partial charge in [0.1, 0.15) is 11.5 Å². The van der Waals surface area contributed by atoms with Crippen molar-refractivity contribution >= 4 is 0 Å². The van der Waals surface area contributed by atoms with Crippen molar-refractivity contribution in [3.8, 4) is 11.5 Å². The van der Waals surface area contributed by atoms with Gasteiger partial charge in [0, 0.05) is 29.6 Å². The Balaban J connectivity index is 2.06. The molecule has 3 rings (SSSR count). The van der Waals surface area contributed by atoms with Crippen molar-refractivity contribution in [3.63, 3.8) is 0 Å². The molecule has 0 fully saturated rings. The SMILES string of the molecule is COc1ccc(OC)c2c1CNC(c1ccccc1)C2C. The summed E-state index contributed by atoms with van der Waals surface area (Å²) < 4.78 is 11.1. The Morgan fingerprint density at radius 3 is 2.29 bits per heavy atom. The third-order valence-corrected chi connectivity index (χ3v) is 4.33. The monoisotopic (exact) mass is 283 g/mol. The molecular weight excluding hydrogens is 262 g/mol. The second-order valence-corrected chi connectivity index (χ2v) is 5.42. The van der Waals surface area contributed by atoms with Gasteiger partial charge in [-0.05, 0) is 17.7 Å². The zero-order valence-corrected chi connectivity index (χ0v) is 12.7. The molecule has 0 amide bonds. The standard InChI is InChI=1S/C18H21NO2/c1-12-17-14(15(20-2)9-10-16(17)21-3)11-19-18(12)13-7-5-4-6-8-13/h4-10,12,18-19H,11H2,1-3H3. The maximum Gasteiger partial charge on any atom is 0.123 e. The minimum Gasteiger partial charge on any atom is -0.496 e. The third kappa shape index (κ3) is 2.38. The summed E-state index contributed by atoms with van der Waals surface area (Å²) in [5, 5.41) is 3.63. The van der Waals surface area contributed by atoms with Crippen LogP contribution in [0.15, 0.2) is 42.5 Å². The van der Waals surface area contributed by atoms with E-state index in [4.69, 9.17) is 9.47 Å². The fourth-order valence-electron chi connectivity index (χ4n) is 3.30. The number of hydrogen-bond donors (Lipinski definition) is 1. The van der Waals surface area contributed by atoms with Crippen LogP contribution in [0.3, 0.4) is 0 Å². The van der Waals surface area contributed by atoms with E-state index in [0.717, 1.165) is 18.0 Å². The van der Waals surface area contributed by atoms with Crippen LogP contribution in [0.25, 0.3) is 0 Å². The molecular formula is C18H21NO2. The van der Waals surface area contributed by atoms with Crippen molar-refractivity contribution in [3.05, 3.63) is 59.2 Å². The van der Waals surface area contributed by atoms with Crippen LogP contribution in [0.5, 0.6) is 11.5 Å². The molecule has 2 atom stereocenters. The fourth-order valence-corrected chi connectivity index (χ4v) is 3.30. The quantitative estimate of drug-likeness (QED) is 0.932. The normalized spacial score (nSPS) is 20.7. The van der Waals surface area contributed by atoms with E-state index < -0.39 is 0 Å². The minimum absolute atomic E-state index is 0.291. The van der Waals surface area contributed by atoms with E-state index in [2.05, 4.69) is 42.6 Å². The third-order valence-electron chi connectivity index (χ3n) is 4.33.